The van der Waals surface area contributed by atoms with Gasteiger partial charge in [0.25, 0.3) is 8.32 Å². The van der Waals surface area contributed by atoms with Crippen molar-refractivity contribution in [2.24, 2.45) is 5.92 Å². The molecular weight excluding hydrogens is 416 g/mol. The standard InChI is InChI=1S/C27H40O4Si/c1-5-22(20-30-26-18-12-13-19-29-26)25(28)21-31-32(27(2,3)4,23-14-8-6-9-15-23)24-16-10-7-11-17-24/h6-11,14-17,22,25-26,28H,5,12-13,18-21H2,1-4H3/t22-,25+,26?/m1/s1. The van der Waals surface area contributed by atoms with Gasteiger partial charge in [0.1, 0.15) is 0 Å². The quantitative estimate of drug-likeness (QED) is 0.535. The molecular formula is C27H40O4Si. The number of ether oxygens (including phenoxy) is 2. The van der Waals surface area contributed by atoms with Crippen molar-refractivity contribution in [2.75, 3.05) is 19.8 Å². The summed E-state index contributed by atoms with van der Waals surface area (Å²) in [7, 11) is -2.65. The zero-order valence-electron chi connectivity index (χ0n) is 20.1. The lowest BCUT2D eigenvalue weighted by molar-refractivity contribution is -0.175. The van der Waals surface area contributed by atoms with Gasteiger partial charge in [-0.3, -0.25) is 0 Å². The lowest BCUT2D eigenvalue weighted by atomic mass is 10.0. The molecule has 2 aromatic rings. The van der Waals surface area contributed by atoms with Gasteiger partial charge in [-0.25, -0.2) is 0 Å². The van der Waals surface area contributed by atoms with E-state index in [-0.39, 0.29) is 17.2 Å². The van der Waals surface area contributed by atoms with E-state index in [1.807, 2.05) is 12.1 Å². The maximum Gasteiger partial charge on any atom is 0.261 e. The van der Waals surface area contributed by atoms with Crippen LogP contribution in [0.25, 0.3) is 0 Å². The van der Waals surface area contributed by atoms with Gasteiger partial charge in [0.05, 0.1) is 19.3 Å². The van der Waals surface area contributed by atoms with Crippen molar-refractivity contribution in [3.05, 3.63) is 60.7 Å². The predicted octanol–water partition coefficient (Wildman–Crippen LogP) is 4.49. The topological polar surface area (TPSA) is 47.9 Å². The zero-order valence-corrected chi connectivity index (χ0v) is 21.1. The third-order valence-corrected chi connectivity index (χ3v) is 11.6. The molecule has 0 aromatic heterocycles. The lowest BCUT2D eigenvalue weighted by Gasteiger charge is -2.43. The molecule has 0 bridgehead atoms. The van der Waals surface area contributed by atoms with Crippen LogP contribution in [0.4, 0.5) is 0 Å². The normalized spacial score (nSPS) is 19.5. The summed E-state index contributed by atoms with van der Waals surface area (Å²) in [6.45, 7) is 10.4. The monoisotopic (exact) mass is 456 g/mol. The van der Waals surface area contributed by atoms with E-state index in [4.69, 9.17) is 13.9 Å². The van der Waals surface area contributed by atoms with Crippen molar-refractivity contribution >= 4 is 18.7 Å². The minimum Gasteiger partial charge on any atom is -0.405 e. The molecule has 5 heteroatoms. The number of hydrogen-bond donors (Lipinski definition) is 1. The van der Waals surface area contributed by atoms with Crippen molar-refractivity contribution in [1.82, 2.24) is 0 Å². The third kappa shape index (κ3) is 5.89. The highest BCUT2D eigenvalue weighted by atomic mass is 28.4. The average Bonchev–Trinajstić information content (AvgIpc) is 2.81. The number of aliphatic hydroxyl groups excluding tert-OH is 1. The van der Waals surface area contributed by atoms with E-state index in [0.29, 0.717) is 13.2 Å². The molecule has 0 saturated carbocycles. The highest BCUT2D eigenvalue weighted by Gasteiger charge is 2.50. The fourth-order valence-corrected chi connectivity index (χ4v) is 9.26. The highest BCUT2D eigenvalue weighted by Crippen LogP contribution is 2.37. The van der Waals surface area contributed by atoms with E-state index < -0.39 is 14.4 Å². The van der Waals surface area contributed by atoms with E-state index in [0.717, 1.165) is 32.3 Å². The van der Waals surface area contributed by atoms with Crippen molar-refractivity contribution in [2.45, 2.75) is 70.8 Å². The molecule has 0 amide bonds. The van der Waals surface area contributed by atoms with Gasteiger partial charge >= 0.3 is 0 Å². The fraction of sp³-hybridized carbons (Fsp3) is 0.556. The fourth-order valence-electron chi connectivity index (χ4n) is 4.68. The highest BCUT2D eigenvalue weighted by molar-refractivity contribution is 6.99. The summed E-state index contributed by atoms with van der Waals surface area (Å²) in [6, 6.07) is 21.1. The summed E-state index contributed by atoms with van der Waals surface area (Å²) < 4.78 is 18.6. The minimum atomic E-state index is -2.65. The number of rotatable bonds is 10. The first-order chi connectivity index (χ1) is 15.4. The second-order valence-corrected chi connectivity index (χ2v) is 14.1. The third-order valence-electron chi connectivity index (χ3n) is 6.59. The summed E-state index contributed by atoms with van der Waals surface area (Å²) in [5.74, 6) is 0.0127. The molecule has 0 spiro atoms. The van der Waals surface area contributed by atoms with Gasteiger partial charge in [-0.15, -0.1) is 0 Å². The molecule has 3 atom stereocenters. The Hall–Kier alpha value is -1.50. The summed E-state index contributed by atoms with van der Waals surface area (Å²) in [4.78, 5) is 0. The van der Waals surface area contributed by atoms with E-state index in [9.17, 15) is 5.11 Å². The second-order valence-electron chi connectivity index (χ2n) is 9.84. The van der Waals surface area contributed by atoms with Crippen LogP contribution in [-0.4, -0.2) is 45.6 Å². The summed E-state index contributed by atoms with van der Waals surface area (Å²) in [5, 5.41) is 13.5. The summed E-state index contributed by atoms with van der Waals surface area (Å²) in [6.07, 6.45) is 3.28. The number of aliphatic hydroxyl groups is 1. The molecule has 3 rings (SSSR count). The Labute approximate surface area is 195 Å². The van der Waals surface area contributed by atoms with Gasteiger partial charge in [0, 0.05) is 12.5 Å². The second kappa shape index (κ2) is 11.6. The van der Waals surface area contributed by atoms with Gasteiger partial charge in [0.15, 0.2) is 6.29 Å². The Kier molecular flexibility index (Phi) is 9.09. The van der Waals surface area contributed by atoms with Crippen molar-refractivity contribution in [3.8, 4) is 0 Å². The molecule has 1 aliphatic heterocycles. The van der Waals surface area contributed by atoms with Gasteiger partial charge in [0.2, 0.25) is 0 Å². The molecule has 0 radical (unpaired) electrons. The van der Waals surface area contributed by atoms with Crippen LogP contribution in [0, 0.1) is 5.92 Å². The smallest absolute Gasteiger partial charge is 0.261 e. The molecule has 1 fully saturated rings. The molecule has 176 valence electrons. The van der Waals surface area contributed by atoms with Crippen LogP contribution in [0.3, 0.4) is 0 Å². The Morgan fingerprint density at radius 1 is 0.969 bits per heavy atom. The van der Waals surface area contributed by atoms with Crippen LogP contribution in [0.1, 0.15) is 53.4 Å². The summed E-state index contributed by atoms with van der Waals surface area (Å²) in [5.41, 5.74) is 0. The van der Waals surface area contributed by atoms with E-state index in [1.165, 1.54) is 10.4 Å². The van der Waals surface area contributed by atoms with Crippen LogP contribution in [0.5, 0.6) is 0 Å². The Morgan fingerprint density at radius 3 is 2.03 bits per heavy atom. The summed E-state index contributed by atoms with van der Waals surface area (Å²) >= 11 is 0. The van der Waals surface area contributed by atoms with Crippen LogP contribution in [-0.2, 0) is 13.9 Å². The molecule has 1 unspecified atom stereocenters. The lowest BCUT2D eigenvalue weighted by Crippen LogP contribution is -2.67. The molecule has 1 heterocycles. The van der Waals surface area contributed by atoms with Crippen molar-refractivity contribution < 1.29 is 19.0 Å². The minimum absolute atomic E-state index is 0.0127. The maximum atomic E-state index is 11.1. The van der Waals surface area contributed by atoms with Crippen LogP contribution >= 0.6 is 0 Å². The maximum absolute atomic E-state index is 11.1. The zero-order chi connectivity index (χ0) is 23.0. The predicted molar refractivity (Wildman–Crippen MR) is 133 cm³/mol. The first kappa shape index (κ1) is 25.1. The number of hydrogen-bond acceptors (Lipinski definition) is 4. The van der Waals surface area contributed by atoms with Gasteiger partial charge < -0.3 is 19.0 Å². The Balaban J connectivity index is 1.80. The van der Waals surface area contributed by atoms with Crippen molar-refractivity contribution in [1.29, 1.82) is 0 Å². The van der Waals surface area contributed by atoms with Crippen LogP contribution < -0.4 is 10.4 Å². The largest absolute Gasteiger partial charge is 0.405 e. The molecule has 1 N–H and O–H groups in total. The SMILES string of the molecule is CC[C@H](COC1CCCCO1)[C@@H](O)CO[Si](c1ccccc1)(c1ccccc1)C(C)(C)C. The Bertz CT molecular complexity index is 745. The van der Waals surface area contributed by atoms with E-state index in [1.54, 1.807) is 0 Å². The molecule has 2 aromatic carbocycles. The molecule has 32 heavy (non-hydrogen) atoms. The molecule has 1 aliphatic rings. The van der Waals surface area contributed by atoms with Crippen LogP contribution in [0.15, 0.2) is 60.7 Å². The first-order valence-corrected chi connectivity index (χ1v) is 14.0. The van der Waals surface area contributed by atoms with Gasteiger partial charge in [-0.05, 0) is 41.1 Å². The van der Waals surface area contributed by atoms with Crippen molar-refractivity contribution in [3.63, 3.8) is 0 Å². The molecule has 0 aliphatic carbocycles. The Morgan fingerprint density at radius 2 is 1.56 bits per heavy atom. The first-order valence-electron chi connectivity index (χ1n) is 12.0. The number of benzene rings is 2. The molecule has 4 nitrogen and oxygen atoms in total. The van der Waals surface area contributed by atoms with Gasteiger partial charge in [-0.1, -0.05) is 88.4 Å². The van der Waals surface area contributed by atoms with E-state index in [2.05, 4.69) is 76.2 Å². The molecule has 1 saturated heterocycles. The van der Waals surface area contributed by atoms with Gasteiger partial charge in [-0.2, -0.15) is 0 Å². The van der Waals surface area contributed by atoms with Crippen LogP contribution in [0.2, 0.25) is 5.04 Å². The average molecular weight is 457 g/mol. The van der Waals surface area contributed by atoms with E-state index >= 15 is 0 Å².